The minimum absolute atomic E-state index is 0.0101. The van der Waals surface area contributed by atoms with Crippen molar-refractivity contribution in [3.8, 4) is 0 Å². The molecular formula is C18H29NO3. The third-order valence-electron chi connectivity index (χ3n) is 5.34. The van der Waals surface area contributed by atoms with Gasteiger partial charge in [-0.1, -0.05) is 27.7 Å². The van der Waals surface area contributed by atoms with Crippen molar-refractivity contribution in [2.45, 2.75) is 59.8 Å². The van der Waals surface area contributed by atoms with E-state index in [9.17, 15) is 14.4 Å². The first-order valence-corrected chi connectivity index (χ1v) is 8.69. The highest BCUT2D eigenvalue weighted by atomic mass is 16.2. The molecular weight excluding hydrogens is 278 g/mol. The Morgan fingerprint density at radius 3 is 2.14 bits per heavy atom. The number of carbonyl (C=O) groups is 3. The topological polar surface area (TPSA) is 54.5 Å². The molecule has 1 unspecified atom stereocenters. The summed E-state index contributed by atoms with van der Waals surface area (Å²) in [6.07, 6.45) is 4.09. The van der Waals surface area contributed by atoms with E-state index in [4.69, 9.17) is 0 Å². The molecule has 1 heterocycles. The van der Waals surface area contributed by atoms with Crippen molar-refractivity contribution in [2.75, 3.05) is 6.54 Å². The van der Waals surface area contributed by atoms with Crippen LogP contribution in [0.15, 0.2) is 0 Å². The van der Waals surface area contributed by atoms with Gasteiger partial charge in [0.2, 0.25) is 11.8 Å². The number of likely N-dealkylation sites (tertiary alicyclic amines) is 1. The maximum absolute atomic E-state index is 12.3. The first kappa shape index (κ1) is 17.2. The number of imide groups is 1. The highest BCUT2D eigenvalue weighted by molar-refractivity contribution is 6.03. The van der Waals surface area contributed by atoms with Crippen LogP contribution in [0.25, 0.3) is 0 Å². The summed E-state index contributed by atoms with van der Waals surface area (Å²) in [7, 11) is 0. The molecule has 1 atom stereocenters. The molecule has 4 heteroatoms. The minimum Gasteiger partial charge on any atom is -0.299 e. The average Bonchev–Trinajstić information content (AvgIpc) is 2.75. The number of hydrogen-bond acceptors (Lipinski definition) is 3. The second kappa shape index (κ2) is 6.93. The zero-order chi connectivity index (χ0) is 16.4. The molecule has 2 amide bonds. The highest BCUT2D eigenvalue weighted by Crippen LogP contribution is 2.34. The van der Waals surface area contributed by atoms with Crippen LogP contribution in [0.1, 0.15) is 59.8 Å². The minimum atomic E-state index is -0.133. The van der Waals surface area contributed by atoms with E-state index in [-0.39, 0.29) is 35.5 Å². The summed E-state index contributed by atoms with van der Waals surface area (Å²) in [4.78, 5) is 38.0. The fraction of sp³-hybridized carbons (Fsp3) is 0.833. The SMILES string of the molecule is CC(C)C(=O)C1CCC(CN2C(=O)CC(C(C)C)C2=O)CC1. The molecule has 0 radical (unpaired) electrons. The third kappa shape index (κ3) is 3.58. The van der Waals surface area contributed by atoms with Gasteiger partial charge in [0.25, 0.3) is 0 Å². The Kier molecular flexibility index (Phi) is 5.41. The fourth-order valence-corrected chi connectivity index (χ4v) is 3.78. The van der Waals surface area contributed by atoms with Crippen molar-refractivity contribution in [1.82, 2.24) is 4.90 Å². The van der Waals surface area contributed by atoms with Gasteiger partial charge in [-0.25, -0.2) is 0 Å². The molecule has 2 rings (SSSR count). The largest absolute Gasteiger partial charge is 0.299 e. The quantitative estimate of drug-likeness (QED) is 0.734. The lowest BCUT2D eigenvalue weighted by atomic mass is 9.77. The van der Waals surface area contributed by atoms with Gasteiger partial charge in [-0.3, -0.25) is 19.3 Å². The van der Waals surface area contributed by atoms with Crippen LogP contribution < -0.4 is 0 Å². The summed E-state index contributed by atoms with van der Waals surface area (Å²) in [5.74, 6) is 1.12. The maximum atomic E-state index is 12.3. The van der Waals surface area contributed by atoms with Crippen molar-refractivity contribution >= 4 is 17.6 Å². The van der Waals surface area contributed by atoms with E-state index in [0.717, 1.165) is 25.7 Å². The van der Waals surface area contributed by atoms with Crippen molar-refractivity contribution in [2.24, 2.45) is 29.6 Å². The number of carbonyl (C=O) groups excluding carboxylic acids is 3. The number of nitrogens with zero attached hydrogens (tertiary/aromatic N) is 1. The Bertz CT molecular complexity index is 447. The van der Waals surface area contributed by atoms with Crippen molar-refractivity contribution in [3.05, 3.63) is 0 Å². The molecule has 2 aliphatic rings. The lowest BCUT2D eigenvalue weighted by Gasteiger charge is -2.30. The van der Waals surface area contributed by atoms with E-state index in [1.54, 1.807) is 0 Å². The zero-order valence-corrected chi connectivity index (χ0v) is 14.3. The first-order chi connectivity index (χ1) is 10.3. The molecule has 1 aliphatic heterocycles. The van der Waals surface area contributed by atoms with Gasteiger partial charge in [-0.05, 0) is 37.5 Å². The Labute approximate surface area is 133 Å². The van der Waals surface area contributed by atoms with Crippen LogP contribution >= 0.6 is 0 Å². The third-order valence-corrected chi connectivity index (χ3v) is 5.34. The number of Topliss-reactive ketones (excluding diaryl/α,β-unsaturated/α-hetero) is 1. The average molecular weight is 307 g/mol. The summed E-state index contributed by atoms with van der Waals surface area (Å²) in [5.41, 5.74) is 0. The lowest BCUT2D eigenvalue weighted by Crippen LogP contribution is -2.37. The predicted octanol–water partition coefficient (Wildman–Crippen LogP) is 3.05. The van der Waals surface area contributed by atoms with Gasteiger partial charge < -0.3 is 0 Å². The Morgan fingerprint density at radius 1 is 1.09 bits per heavy atom. The smallest absolute Gasteiger partial charge is 0.233 e. The van der Waals surface area contributed by atoms with Crippen molar-refractivity contribution in [1.29, 1.82) is 0 Å². The Morgan fingerprint density at radius 2 is 1.68 bits per heavy atom. The second-order valence-corrected chi connectivity index (χ2v) is 7.67. The van der Waals surface area contributed by atoms with E-state index in [1.807, 2.05) is 27.7 Å². The van der Waals surface area contributed by atoms with Gasteiger partial charge in [-0.15, -0.1) is 0 Å². The standard InChI is InChI=1S/C18H29NO3/c1-11(2)15-9-16(20)19(18(15)22)10-13-5-7-14(8-6-13)17(21)12(3)4/h11-15H,5-10H2,1-4H3. The van der Waals surface area contributed by atoms with Gasteiger partial charge in [0.1, 0.15) is 5.78 Å². The molecule has 0 N–H and O–H groups in total. The molecule has 1 aliphatic carbocycles. The van der Waals surface area contributed by atoms with E-state index >= 15 is 0 Å². The van der Waals surface area contributed by atoms with Gasteiger partial charge >= 0.3 is 0 Å². The molecule has 1 saturated heterocycles. The van der Waals surface area contributed by atoms with Gasteiger partial charge in [-0.2, -0.15) is 0 Å². The van der Waals surface area contributed by atoms with Crippen LogP contribution in [0, 0.1) is 29.6 Å². The molecule has 4 nitrogen and oxygen atoms in total. The van der Waals surface area contributed by atoms with Crippen LogP contribution in [0.2, 0.25) is 0 Å². The molecule has 0 aromatic heterocycles. The summed E-state index contributed by atoms with van der Waals surface area (Å²) in [6, 6.07) is 0. The van der Waals surface area contributed by atoms with Crippen LogP contribution in [-0.4, -0.2) is 29.0 Å². The normalized spacial score (nSPS) is 29.7. The van der Waals surface area contributed by atoms with Crippen molar-refractivity contribution < 1.29 is 14.4 Å². The monoisotopic (exact) mass is 307 g/mol. The molecule has 0 spiro atoms. The molecule has 22 heavy (non-hydrogen) atoms. The highest BCUT2D eigenvalue weighted by Gasteiger charge is 2.41. The maximum Gasteiger partial charge on any atom is 0.233 e. The van der Waals surface area contributed by atoms with Gasteiger partial charge in [0.05, 0.1) is 0 Å². The van der Waals surface area contributed by atoms with Crippen LogP contribution in [-0.2, 0) is 14.4 Å². The molecule has 1 saturated carbocycles. The Balaban J connectivity index is 1.87. The predicted molar refractivity (Wildman–Crippen MR) is 85.0 cm³/mol. The van der Waals surface area contributed by atoms with E-state index in [1.165, 1.54) is 4.90 Å². The van der Waals surface area contributed by atoms with Gasteiger partial charge in [0, 0.05) is 30.7 Å². The fourth-order valence-electron chi connectivity index (χ4n) is 3.78. The number of hydrogen-bond donors (Lipinski definition) is 0. The van der Waals surface area contributed by atoms with E-state index in [2.05, 4.69) is 0 Å². The molecule has 0 aromatic carbocycles. The molecule has 0 bridgehead atoms. The Hall–Kier alpha value is -1.19. The number of ketones is 1. The summed E-state index contributed by atoms with van der Waals surface area (Å²) >= 11 is 0. The lowest BCUT2D eigenvalue weighted by molar-refractivity contribution is -0.141. The van der Waals surface area contributed by atoms with Crippen LogP contribution in [0.5, 0.6) is 0 Å². The summed E-state index contributed by atoms with van der Waals surface area (Å²) < 4.78 is 0. The molecule has 124 valence electrons. The second-order valence-electron chi connectivity index (χ2n) is 7.67. The van der Waals surface area contributed by atoms with Crippen LogP contribution in [0.3, 0.4) is 0 Å². The van der Waals surface area contributed by atoms with Gasteiger partial charge in [0.15, 0.2) is 0 Å². The first-order valence-electron chi connectivity index (χ1n) is 8.69. The number of rotatable bonds is 5. The summed E-state index contributed by atoms with van der Waals surface area (Å²) in [6.45, 7) is 8.48. The van der Waals surface area contributed by atoms with Crippen molar-refractivity contribution in [3.63, 3.8) is 0 Å². The number of amides is 2. The molecule has 0 aromatic rings. The van der Waals surface area contributed by atoms with E-state index in [0.29, 0.717) is 24.7 Å². The van der Waals surface area contributed by atoms with Crippen LogP contribution in [0.4, 0.5) is 0 Å². The zero-order valence-electron chi connectivity index (χ0n) is 14.3. The summed E-state index contributed by atoms with van der Waals surface area (Å²) in [5, 5.41) is 0. The molecule has 2 fully saturated rings. The van der Waals surface area contributed by atoms with E-state index < -0.39 is 0 Å².